The second kappa shape index (κ2) is 9.85. The van der Waals surface area contributed by atoms with Crippen molar-refractivity contribution in [3.63, 3.8) is 0 Å². The van der Waals surface area contributed by atoms with Crippen LogP contribution in [-0.4, -0.2) is 58.6 Å². The van der Waals surface area contributed by atoms with E-state index in [1.54, 1.807) is 0 Å². The molecule has 5 atom stereocenters. The summed E-state index contributed by atoms with van der Waals surface area (Å²) in [6.45, 7) is 0.470. The van der Waals surface area contributed by atoms with Gasteiger partial charge in [-0.25, -0.2) is 0 Å². The van der Waals surface area contributed by atoms with Crippen molar-refractivity contribution < 1.29 is 24.2 Å². The number of benzene rings is 3. The molecule has 0 aliphatic carbocycles. The lowest BCUT2D eigenvalue weighted by molar-refractivity contribution is -0.141. The van der Waals surface area contributed by atoms with Crippen molar-refractivity contribution in [1.82, 2.24) is 10.2 Å². The lowest BCUT2D eigenvalue weighted by Crippen LogP contribution is -2.53. The molecule has 1 spiro atoms. The standard InChI is InChI=1S/C30H31N3O5/c34-16-6-15-33-26(28(36)32-22-12-11-20-9-4-5-10-21(20)17-22)30-14-13-23(38-30)24(25(30)29(33)37)27(35)31-18-19-7-2-1-3-8-19/h1-5,7-12,17,23-26,34H,6,13-16,18H2,(H,31,35)(H,32,36)/t23-,24+,25+,26?,30?/m1/s1. The number of anilines is 1. The fourth-order valence-corrected chi connectivity index (χ4v) is 6.62. The number of aliphatic hydroxyl groups is 1. The zero-order valence-corrected chi connectivity index (χ0v) is 21.0. The van der Waals surface area contributed by atoms with E-state index in [2.05, 4.69) is 10.6 Å². The first-order chi connectivity index (χ1) is 18.5. The zero-order chi connectivity index (χ0) is 26.3. The highest BCUT2D eigenvalue weighted by Crippen LogP contribution is 2.58. The minimum atomic E-state index is -1.06. The van der Waals surface area contributed by atoms with E-state index >= 15 is 0 Å². The van der Waals surface area contributed by atoms with Gasteiger partial charge in [0.2, 0.25) is 17.7 Å². The Bertz CT molecular complexity index is 1380. The summed E-state index contributed by atoms with van der Waals surface area (Å²) >= 11 is 0. The quantitative estimate of drug-likeness (QED) is 0.429. The Morgan fingerprint density at radius 3 is 2.55 bits per heavy atom. The predicted molar refractivity (Wildman–Crippen MR) is 142 cm³/mol. The molecule has 3 aromatic rings. The van der Waals surface area contributed by atoms with E-state index in [1.165, 1.54) is 4.90 Å². The van der Waals surface area contributed by atoms with Crippen molar-refractivity contribution in [2.45, 2.75) is 43.6 Å². The summed E-state index contributed by atoms with van der Waals surface area (Å²) in [7, 11) is 0. The molecule has 38 heavy (non-hydrogen) atoms. The molecule has 3 amide bonds. The molecule has 0 aromatic heterocycles. The molecule has 3 fully saturated rings. The summed E-state index contributed by atoms with van der Waals surface area (Å²) in [5.41, 5.74) is 0.537. The first-order valence-corrected chi connectivity index (χ1v) is 13.2. The number of rotatable bonds is 8. The van der Waals surface area contributed by atoms with Gasteiger partial charge in [0, 0.05) is 25.4 Å². The van der Waals surface area contributed by atoms with Crippen LogP contribution in [0.5, 0.6) is 0 Å². The molecule has 8 heteroatoms. The van der Waals surface area contributed by atoms with Crippen LogP contribution < -0.4 is 10.6 Å². The lowest BCUT2D eigenvalue weighted by Gasteiger charge is -2.33. The summed E-state index contributed by atoms with van der Waals surface area (Å²) in [5.74, 6) is -2.20. The first kappa shape index (κ1) is 24.6. The maximum absolute atomic E-state index is 13.8. The average molecular weight is 514 g/mol. The highest BCUT2D eigenvalue weighted by atomic mass is 16.5. The Kier molecular flexibility index (Phi) is 6.37. The van der Waals surface area contributed by atoms with Gasteiger partial charge in [-0.05, 0) is 47.7 Å². The summed E-state index contributed by atoms with van der Waals surface area (Å²) < 4.78 is 6.45. The summed E-state index contributed by atoms with van der Waals surface area (Å²) in [4.78, 5) is 42.6. The Labute approximate surface area is 221 Å². The molecule has 0 radical (unpaired) electrons. The van der Waals surface area contributed by atoms with E-state index in [-0.39, 0.29) is 30.9 Å². The van der Waals surface area contributed by atoms with Crippen molar-refractivity contribution in [3.05, 3.63) is 78.4 Å². The van der Waals surface area contributed by atoms with E-state index in [0.717, 1.165) is 16.3 Å². The Morgan fingerprint density at radius 2 is 1.76 bits per heavy atom. The second-order valence-electron chi connectivity index (χ2n) is 10.4. The zero-order valence-electron chi connectivity index (χ0n) is 21.0. The topological polar surface area (TPSA) is 108 Å². The van der Waals surface area contributed by atoms with Crippen LogP contribution in [-0.2, 0) is 25.7 Å². The van der Waals surface area contributed by atoms with Gasteiger partial charge in [-0.2, -0.15) is 0 Å². The normalized spacial score (nSPS) is 27.5. The van der Waals surface area contributed by atoms with Crippen LogP contribution in [0.4, 0.5) is 5.69 Å². The Balaban J connectivity index is 1.27. The number of hydrogen-bond donors (Lipinski definition) is 3. The number of hydrogen-bond acceptors (Lipinski definition) is 5. The van der Waals surface area contributed by atoms with Gasteiger partial charge in [0.1, 0.15) is 11.6 Å². The van der Waals surface area contributed by atoms with Gasteiger partial charge in [0.15, 0.2) is 0 Å². The Morgan fingerprint density at radius 1 is 1.00 bits per heavy atom. The van der Waals surface area contributed by atoms with Crippen LogP contribution >= 0.6 is 0 Å². The van der Waals surface area contributed by atoms with Gasteiger partial charge in [-0.1, -0.05) is 60.7 Å². The molecule has 0 saturated carbocycles. The maximum Gasteiger partial charge on any atom is 0.250 e. The third kappa shape index (κ3) is 4.04. The minimum Gasteiger partial charge on any atom is -0.396 e. The number of nitrogens with one attached hydrogen (secondary N) is 2. The van der Waals surface area contributed by atoms with Gasteiger partial charge in [-0.3, -0.25) is 14.4 Å². The smallest absolute Gasteiger partial charge is 0.250 e. The number of fused-ring (bicyclic) bond motifs is 2. The van der Waals surface area contributed by atoms with Crippen molar-refractivity contribution in [3.8, 4) is 0 Å². The second-order valence-corrected chi connectivity index (χ2v) is 10.4. The molecule has 6 rings (SSSR count). The number of amides is 3. The third-order valence-corrected chi connectivity index (χ3v) is 8.23. The van der Waals surface area contributed by atoms with E-state index in [9.17, 15) is 19.5 Å². The molecular formula is C30H31N3O5. The van der Waals surface area contributed by atoms with Crippen LogP contribution in [0.15, 0.2) is 72.8 Å². The summed E-state index contributed by atoms with van der Waals surface area (Å²) in [6, 6.07) is 22.3. The molecule has 3 aliphatic rings. The monoisotopic (exact) mass is 513 g/mol. The fourth-order valence-electron chi connectivity index (χ4n) is 6.62. The molecule has 8 nitrogen and oxygen atoms in total. The number of carbonyl (C=O) groups is 3. The van der Waals surface area contributed by atoms with Crippen LogP contribution in [0.3, 0.4) is 0 Å². The molecule has 3 saturated heterocycles. The average Bonchev–Trinajstić information content (AvgIpc) is 3.58. The number of nitrogens with zero attached hydrogens (tertiary/aromatic N) is 1. The number of carbonyl (C=O) groups excluding carboxylic acids is 3. The molecular weight excluding hydrogens is 482 g/mol. The van der Waals surface area contributed by atoms with E-state index in [0.29, 0.717) is 31.5 Å². The van der Waals surface area contributed by atoms with Crippen molar-refractivity contribution in [1.29, 1.82) is 0 Å². The predicted octanol–water partition coefficient (Wildman–Crippen LogP) is 2.85. The van der Waals surface area contributed by atoms with Gasteiger partial charge >= 0.3 is 0 Å². The minimum absolute atomic E-state index is 0.106. The Hall–Kier alpha value is -3.75. The van der Waals surface area contributed by atoms with E-state index < -0.39 is 29.6 Å². The van der Waals surface area contributed by atoms with E-state index in [1.807, 2.05) is 72.8 Å². The number of likely N-dealkylation sites (tertiary alicyclic amines) is 1. The van der Waals surface area contributed by atoms with Crippen LogP contribution in [0.1, 0.15) is 24.8 Å². The molecule has 3 aliphatic heterocycles. The van der Waals surface area contributed by atoms with Crippen LogP contribution in [0, 0.1) is 11.8 Å². The molecule has 3 aromatic carbocycles. The molecule has 2 unspecified atom stereocenters. The van der Waals surface area contributed by atoms with Crippen molar-refractivity contribution >= 4 is 34.2 Å². The highest BCUT2D eigenvalue weighted by molar-refractivity contribution is 6.04. The lowest BCUT2D eigenvalue weighted by atomic mass is 9.70. The summed E-state index contributed by atoms with van der Waals surface area (Å²) in [5, 5.41) is 17.5. The molecule has 3 N–H and O–H groups in total. The molecule has 3 heterocycles. The van der Waals surface area contributed by atoms with Crippen molar-refractivity contribution in [2.24, 2.45) is 11.8 Å². The van der Waals surface area contributed by atoms with E-state index in [4.69, 9.17) is 4.74 Å². The summed E-state index contributed by atoms with van der Waals surface area (Å²) in [6.07, 6.45) is 1.07. The molecule has 2 bridgehead atoms. The third-order valence-electron chi connectivity index (χ3n) is 8.23. The van der Waals surface area contributed by atoms with Crippen LogP contribution in [0.25, 0.3) is 10.8 Å². The van der Waals surface area contributed by atoms with Gasteiger partial charge < -0.3 is 25.4 Å². The van der Waals surface area contributed by atoms with Gasteiger partial charge in [0.25, 0.3) is 0 Å². The number of aliphatic hydroxyl groups excluding tert-OH is 1. The number of ether oxygens (including phenoxy) is 1. The van der Waals surface area contributed by atoms with Crippen LogP contribution in [0.2, 0.25) is 0 Å². The van der Waals surface area contributed by atoms with Crippen molar-refractivity contribution in [2.75, 3.05) is 18.5 Å². The van der Waals surface area contributed by atoms with Gasteiger partial charge in [0.05, 0.1) is 17.9 Å². The SMILES string of the molecule is O=C(Nc1ccc2ccccc2c1)C1N(CCCO)C(=O)[C@@H]2[C@@H](C(=O)NCc3ccccc3)[C@H]3CCC12O3. The largest absolute Gasteiger partial charge is 0.396 e. The molecule has 196 valence electrons. The van der Waals surface area contributed by atoms with Gasteiger partial charge in [-0.15, -0.1) is 0 Å². The highest BCUT2D eigenvalue weighted by Gasteiger charge is 2.74. The first-order valence-electron chi connectivity index (χ1n) is 13.2. The fraction of sp³-hybridized carbons (Fsp3) is 0.367. The maximum atomic E-state index is 13.8.